The van der Waals surface area contributed by atoms with E-state index >= 15 is 0 Å². The summed E-state index contributed by atoms with van der Waals surface area (Å²) in [5.41, 5.74) is 1.80. The monoisotopic (exact) mass is 277 g/mol. The van der Waals surface area contributed by atoms with Crippen LogP contribution in [0.2, 0.25) is 5.02 Å². The molecule has 0 amide bonds. The molecular formula is C16H17ClFN. The molecule has 100 valence electrons. The molecule has 0 saturated heterocycles. The molecule has 0 heterocycles. The fraction of sp³-hybridized carbons (Fsp3) is 0.250. The third-order valence-corrected chi connectivity index (χ3v) is 3.59. The molecule has 1 nitrogen and oxygen atoms in total. The molecule has 1 unspecified atom stereocenters. The highest BCUT2D eigenvalue weighted by Crippen LogP contribution is 2.28. The highest BCUT2D eigenvalue weighted by molar-refractivity contribution is 6.31. The Morgan fingerprint density at radius 1 is 1.11 bits per heavy atom. The Morgan fingerprint density at radius 3 is 2.47 bits per heavy atom. The van der Waals surface area contributed by atoms with Crippen molar-refractivity contribution in [1.82, 2.24) is 5.32 Å². The van der Waals surface area contributed by atoms with Gasteiger partial charge in [0.1, 0.15) is 5.82 Å². The Hall–Kier alpha value is -1.38. The summed E-state index contributed by atoms with van der Waals surface area (Å²) in [4.78, 5) is 0. The van der Waals surface area contributed by atoms with Crippen molar-refractivity contribution in [1.29, 1.82) is 0 Å². The lowest BCUT2D eigenvalue weighted by molar-refractivity contribution is 0.509. The van der Waals surface area contributed by atoms with Crippen LogP contribution >= 0.6 is 11.6 Å². The van der Waals surface area contributed by atoms with E-state index in [0.717, 1.165) is 12.8 Å². The number of nitrogens with one attached hydrogen (secondary N) is 1. The first kappa shape index (κ1) is 14.0. The van der Waals surface area contributed by atoms with Crippen LogP contribution in [-0.2, 0) is 6.42 Å². The van der Waals surface area contributed by atoms with Crippen LogP contribution in [0, 0.1) is 5.82 Å². The second kappa shape index (κ2) is 6.69. The van der Waals surface area contributed by atoms with Crippen LogP contribution in [-0.4, -0.2) is 7.05 Å². The first-order valence-corrected chi connectivity index (χ1v) is 6.75. The topological polar surface area (TPSA) is 12.0 Å². The lowest BCUT2D eigenvalue weighted by Crippen LogP contribution is -2.19. The zero-order valence-electron chi connectivity index (χ0n) is 10.9. The molecule has 0 spiro atoms. The summed E-state index contributed by atoms with van der Waals surface area (Å²) in [6.07, 6.45) is 1.69. The minimum atomic E-state index is -0.250. The summed E-state index contributed by atoms with van der Waals surface area (Å²) in [5, 5.41) is 3.62. The molecule has 1 N–H and O–H groups in total. The molecule has 0 aliphatic heterocycles. The zero-order chi connectivity index (χ0) is 13.7. The molecule has 0 aliphatic rings. The van der Waals surface area contributed by atoms with Crippen molar-refractivity contribution < 1.29 is 4.39 Å². The molecule has 0 aromatic heterocycles. The van der Waals surface area contributed by atoms with Crippen LogP contribution in [0.5, 0.6) is 0 Å². The third kappa shape index (κ3) is 3.55. The fourth-order valence-electron chi connectivity index (χ4n) is 2.23. The van der Waals surface area contributed by atoms with E-state index in [1.54, 1.807) is 12.1 Å². The van der Waals surface area contributed by atoms with Gasteiger partial charge < -0.3 is 5.32 Å². The second-order valence-corrected chi connectivity index (χ2v) is 4.91. The molecule has 0 fully saturated rings. The molecule has 19 heavy (non-hydrogen) atoms. The van der Waals surface area contributed by atoms with Gasteiger partial charge in [0, 0.05) is 16.6 Å². The van der Waals surface area contributed by atoms with E-state index in [4.69, 9.17) is 11.6 Å². The van der Waals surface area contributed by atoms with Gasteiger partial charge in [-0.2, -0.15) is 0 Å². The smallest absolute Gasteiger partial charge is 0.129 e. The predicted molar refractivity (Wildman–Crippen MR) is 78.0 cm³/mol. The van der Waals surface area contributed by atoms with Crippen molar-refractivity contribution in [2.45, 2.75) is 18.9 Å². The van der Waals surface area contributed by atoms with Gasteiger partial charge >= 0.3 is 0 Å². The standard InChI is InChI=1S/C16H17ClFN/c1-19-15(11-10-12-6-3-2-4-7-12)16-13(17)8-5-9-14(16)18/h2-9,15,19H,10-11H2,1H3. The highest BCUT2D eigenvalue weighted by Gasteiger charge is 2.17. The number of aryl methyl sites for hydroxylation is 1. The Bertz CT molecular complexity index is 507. The Balaban J connectivity index is 2.12. The number of halogens is 2. The van der Waals surface area contributed by atoms with E-state index in [1.165, 1.54) is 11.6 Å². The van der Waals surface area contributed by atoms with E-state index < -0.39 is 0 Å². The van der Waals surface area contributed by atoms with Gasteiger partial charge in [-0.1, -0.05) is 48.0 Å². The van der Waals surface area contributed by atoms with Crippen molar-refractivity contribution in [2.24, 2.45) is 0 Å². The average Bonchev–Trinajstić information content (AvgIpc) is 2.43. The van der Waals surface area contributed by atoms with Crippen molar-refractivity contribution >= 4 is 11.6 Å². The van der Waals surface area contributed by atoms with E-state index in [0.29, 0.717) is 10.6 Å². The van der Waals surface area contributed by atoms with Crippen molar-refractivity contribution in [3.8, 4) is 0 Å². The number of benzene rings is 2. The molecular weight excluding hydrogens is 261 g/mol. The zero-order valence-corrected chi connectivity index (χ0v) is 11.6. The Labute approximate surface area is 118 Å². The van der Waals surface area contributed by atoms with Gasteiger partial charge in [0.2, 0.25) is 0 Å². The molecule has 0 bridgehead atoms. The van der Waals surface area contributed by atoms with E-state index in [1.807, 2.05) is 25.2 Å². The highest BCUT2D eigenvalue weighted by atomic mass is 35.5. The van der Waals surface area contributed by atoms with Gasteiger partial charge in [0.25, 0.3) is 0 Å². The maximum absolute atomic E-state index is 13.9. The molecule has 1 atom stereocenters. The first-order chi connectivity index (χ1) is 9.22. The minimum Gasteiger partial charge on any atom is -0.313 e. The van der Waals surface area contributed by atoms with Crippen LogP contribution in [0.3, 0.4) is 0 Å². The van der Waals surface area contributed by atoms with Crippen LogP contribution in [0.4, 0.5) is 4.39 Å². The minimum absolute atomic E-state index is 0.0751. The maximum Gasteiger partial charge on any atom is 0.129 e. The quantitative estimate of drug-likeness (QED) is 0.856. The fourth-order valence-corrected chi connectivity index (χ4v) is 2.53. The summed E-state index contributed by atoms with van der Waals surface area (Å²) >= 11 is 6.10. The molecule has 2 rings (SSSR count). The van der Waals surface area contributed by atoms with Gasteiger partial charge in [-0.3, -0.25) is 0 Å². The third-order valence-electron chi connectivity index (χ3n) is 3.26. The molecule has 3 heteroatoms. The van der Waals surface area contributed by atoms with Crippen LogP contribution in [0.15, 0.2) is 48.5 Å². The summed E-state index contributed by atoms with van der Waals surface area (Å²) in [5.74, 6) is -0.250. The first-order valence-electron chi connectivity index (χ1n) is 6.37. The number of hydrogen-bond acceptors (Lipinski definition) is 1. The van der Waals surface area contributed by atoms with Crippen LogP contribution in [0.1, 0.15) is 23.6 Å². The van der Waals surface area contributed by atoms with Gasteiger partial charge in [0.05, 0.1) is 0 Å². The van der Waals surface area contributed by atoms with Crippen molar-refractivity contribution in [3.05, 3.63) is 70.5 Å². The molecule has 0 aliphatic carbocycles. The van der Waals surface area contributed by atoms with Crippen LogP contribution in [0.25, 0.3) is 0 Å². The average molecular weight is 278 g/mol. The van der Waals surface area contributed by atoms with Gasteiger partial charge in [-0.05, 0) is 37.6 Å². The summed E-state index contributed by atoms with van der Waals surface area (Å²) in [6.45, 7) is 0. The second-order valence-electron chi connectivity index (χ2n) is 4.50. The summed E-state index contributed by atoms with van der Waals surface area (Å²) in [7, 11) is 1.83. The van der Waals surface area contributed by atoms with Crippen molar-refractivity contribution in [2.75, 3.05) is 7.05 Å². The van der Waals surface area contributed by atoms with Gasteiger partial charge in [-0.15, -0.1) is 0 Å². The molecule has 0 saturated carbocycles. The SMILES string of the molecule is CNC(CCc1ccccc1)c1c(F)cccc1Cl. The number of hydrogen-bond donors (Lipinski definition) is 1. The van der Waals surface area contributed by atoms with Gasteiger partial charge in [0.15, 0.2) is 0 Å². The van der Waals surface area contributed by atoms with E-state index in [-0.39, 0.29) is 11.9 Å². The number of rotatable bonds is 5. The molecule has 2 aromatic rings. The van der Waals surface area contributed by atoms with Crippen LogP contribution < -0.4 is 5.32 Å². The lowest BCUT2D eigenvalue weighted by atomic mass is 9.98. The van der Waals surface area contributed by atoms with E-state index in [9.17, 15) is 4.39 Å². The largest absolute Gasteiger partial charge is 0.313 e. The van der Waals surface area contributed by atoms with Gasteiger partial charge in [-0.25, -0.2) is 4.39 Å². The Morgan fingerprint density at radius 2 is 1.84 bits per heavy atom. The summed E-state index contributed by atoms with van der Waals surface area (Å²) < 4.78 is 13.9. The van der Waals surface area contributed by atoms with Crippen molar-refractivity contribution in [3.63, 3.8) is 0 Å². The molecule has 0 radical (unpaired) electrons. The normalized spacial score (nSPS) is 12.4. The Kier molecular flexibility index (Phi) is 4.94. The predicted octanol–water partition coefficient (Wildman–Crippen LogP) is 4.37. The van der Waals surface area contributed by atoms with E-state index in [2.05, 4.69) is 17.4 Å². The maximum atomic E-state index is 13.9. The summed E-state index contributed by atoms with van der Waals surface area (Å²) in [6, 6.07) is 14.9. The lowest BCUT2D eigenvalue weighted by Gasteiger charge is -2.18. The molecule has 2 aromatic carbocycles.